The lowest BCUT2D eigenvalue weighted by Gasteiger charge is -2.09. The molecule has 0 atom stereocenters. The summed E-state index contributed by atoms with van der Waals surface area (Å²) in [5, 5.41) is 9.29. The molecule has 0 aliphatic rings. The van der Waals surface area contributed by atoms with Crippen LogP contribution in [0.15, 0.2) is 48.7 Å². The van der Waals surface area contributed by atoms with Crippen LogP contribution in [0.3, 0.4) is 0 Å². The zero-order chi connectivity index (χ0) is 14.4. The fraction of sp³-hybridized carbons (Fsp3) is 0.133. The molecule has 1 N–H and O–H groups in total. The molecule has 0 saturated heterocycles. The Balaban J connectivity index is 1.90. The highest BCUT2D eigenvalue weighted by Crippen LogP contribution is 2.15. The van der Waals surface area contributed by atoms with Crippen LogP contribution < -0.4 is 4.74 Å². The van der Waals surface area contributed by atoms with E-state index < -0.39 is 5.97 Å². The van der Waals surface area contributed by atoms with E-state index in [1.807, 2.05) is 35.0 Å². The number of nitrogens with zero attached hydrogens (tertiary/aromatic N) is 1. The smallest absolute Gasteiger partial charge is 0.328 e. The molecule has 0 unspecified atom stereocenters. The minimum absolute atomic E-state index is 0.490. The van der Waals surface area contributed by atoms with Crippen molar-refractivity contribution in [1.29, 1.82) is 0 Å². The molecular weight excluding hydrogens is 278 g/mol. The third kappa shape index (κ3) is 4.17. The average Bonchev–Trinajstić information content (AvgIpc) is 2.86. The Morgan fingerprint density at radius 3 is 2.75 bits per heavy atom. The van der Waals surface area contributed by atoms with Crippen molar-refractivity contribution in [3.63, 3.8) is 0 Å². The first-order valence-electron chi connectivity index (χ1n) is 6.09. The van der Waals surface area contributed by atoms with Crippen LogP contribution in [-0.2, 0) is 11.3 Å². The highest BCUT2D eigenvalue weighted by Gasteiger charge is 1.99. The normalized spacial score (nSPS) is 10.8. The van der Waals surface area contributed by atoms with Crippen LogP contribution in [0.5, 0.6) is 5.75 Å². The van der Waals surface area contributed by atoms with E-state index in [-0.39, 0.29) is 0 Å². The number of halogens is 1. The number of carboxylic acids is 1. The minimum Gasteiger partial charge on any atom is -0.492 e. The Hall–Kier alpha value is -2.20. The summed E-state index contributed by atoms with van der Waals surface area (Å²) in [7, 11) is 0. The molecule has 2 rings (SSSR count). The zero-order valence-corrected chi connectivity index (χ0v) is 11.5. The number of rotatable bonds is 6. The number of hydrogen-bond donors (Lipinski definition) is 1. The van der Waals surface area contributed by atoms with Gasteiger partial charge < -0.3 is 14.4 Å². The molecule has 1 heterocycles. The number of aromatic nitrogens is 1. The Morgan fingerprint density at radius 2 is 2.05 bits per heavy atom. The van der Waals surface area contributed by atoms with Crippen molar-refractivity contribution < 1.29 is 14.6 Å². The summed E-state index contributed by atoms with van der Waals surface area (Å²) in [5.74, 6) is -0.209. The van der Waals surface area contributed by atoms with Gasteiger partial charge in [-0.05, 0) is 42.5 Å². The van der Waals surface area contributed by atoms with E-state index in [2.05, 4.69) is 0 Å². The summed E-state index contributed by atoms with van der Waals surface area (Å²) in [5.41, 5.74) is 0.826. The number of benzene rings is 1. The van der Waals surface area contributed by atoms with Crippen molar-refractivity contribution in [3.05, 3.63) is 59.4 Å². The van der Waals surface area contributed by atoms with Gasteiger partial charge in [-0.2, -0.15) is 0 Å². The summed E-state index contributed by atoms with van der Waals surface area (Å²) in [6.07, 6.45) is 4.56. The second-order valence-electron chi connectivity index (χ2n) is 4.10. The van der Waals surface area contributed by atoms with Gasteiger partial charge in [0, 0.05) is 23.0 Å². The SMILES string of the molecule is O=C(O)/C=C/c1cccn1CCOc1ccc(Cl)cc1. The van der Waals surface area contributed by atoms with Crippen LogP contribution in [-0.4, -0.2) is 22.2 Å². The van der Waals surface area contributed by atoms with E-state index in [0.29, 0.717) is 18.2 Å². The standard InChI is InChI=1S/C15H14ClNO3/c16-12-3-6-14(7-4-12)20-11-10-17-9-1-2-13(17)5-8-15(18)19/h1-9H,10-11H2,(H,18,19)/b8-5+. The summed E-state index contributed by atoms with van der Waals surface area (Å²) in [6.45, 7) is 1.12. The van der Waals surface area contributed by atoms with Crippen LogP contribution in [0.25, 0.3) is 6.08 Å². The summed E-state index contributed by atoms with van der Waals surface area (Å²) >= 11 is 5.79. The second kappa shape index (κ2) is 6.82. The van der Waals surface area contributed by atoms with E-state index in [9.17, 15) is 4.79 Å². The van der Waals surface area contributed by atoms with Gasteiger partial charge in [0.2, 0.25) is 0 Å². The van der Waals surface area contributed by atoms with Crippen LogP contribution in [0, 0.1) is 0 Å². The molecule has 0 aliphatic carbocycles. The molecule has 0 aliphatic heterocycles. The maximum atomic E-state index is 10.5. The fourth-order valence-electron chi connectivity index (χ4n) is 1.73. The van der Waals surface area contributed by atoms with Gasteiger partial charge in [0.05, 0.1) is 6.54 Å². The van der Waals surface area contributed by atoms with Crippen LogP contribution in [0.1, 0.15) is 5.69 Å². The Bertz CT molecular complexity index is 602. The molecule has 0 saturated carbocycles. The summed E-state index contributed by atoms with van der Waals surface area (Å²) in [4.78, 5) is 10.5. The van der Waals surface area contributed by atoms with Gasteiger partial charge >= 0.3 is 5.97 Å². The molecule has 20 heavy (non-hydrogen) atoms. The first kappa shape index (κ1) is 14.2. The number of carbonyl (C=O) groups is 1. The molecule has 0 fully saturated rings. The zero-order valence-electron chi connectivity index (χ0n) is 10.7. The fourth-order valence-corrected chi connectivity index (χ4v) is 1.86. The van der Waals surface area contributed by atoms with E-state index in [0.717, 1.165) is 17.5 Å². The van der Waals surface area contributed by atoms with Gasteiger partial charge in [0.15, 0.2) is 0 Å². The molecular formula is C15H14ClNO3. The van der Waals surface area contributed by atoms with Crippen molar-refractivity contribution >= 4 is 23.6 Å². The minimum atomic E-state index is -0.963. The number of aliphatic carboxylic acids is 1. The quantitative estimate of drug-likeness (QED) is 0.831. The van der Waals surface area contributed by atoms with Gasteiger partial charge in [0.1, 0.15) is 12.4 Å². The number of hydrogen-bond acceptors (Lipinski definition) is 2. The third-order valence-corrected chi connectivity index (χ3v) is 2.93. The van der Waals surface area contributed by atoms with Gasteiger partial charge in [-0.3, -0.25) is 0 Å². The molecule has 0 amide bonds. The van der Waals surface area contributed by atoms with E-state index >= 15 is 0 Å². The Labute approximate surface area is 121 Å². The van der Waals surface area contributed by atoms with Crippen molar-refractivity contribution in [2.45, 2.75) is 6.54 Å². The predicted molar refractivity (Wildman–Crippen MR) is 78.0 cm³/mol. The van der Waals surface area contributed by atoms with Gasteiger partial charge in [-0.25, -0.2) is 4.79 Å². The predicted octanol–water partition coefficient (Wildman–Crippen LogP) is 3.32. The molecule has 2 aromatic rings. The molecule has 1 aromatic heterocycles. The lowest BCUT2D eigenvalue weighted by molar-refractivity contribution is -0.131. The molecule has 0 spiro atoms. The van der Waals surface area contributed by atoms with E-state index in [4.69, 9.17) is 21.4 Å². The van der Waals surface area contributed by atoms with Crippen LogP contribution in [0.2, 0.25) is 5.02 Å². The van der Waals surface area contributed by atoms with Gasteiger partial charge in [-0.1, -0.05) is 11.6 Å². The Kier molecular flexibility index (Phi) is 4.85. The number of ether oxygens (including phenoxy) is 1. The van der Waals surface area contributed by atoms with Crippen molar-refractivity contribution in [3.8, 4) is 5.75 Å². The van der Waals surface area contributed by atoms with Crippen molar-refractivity contribution in [2.24, 2.45) is 0 Å². The van der Waals surface area contributed by atoms with E-state index in [1.165, 1.54) is 0 Å². The maximum absolute atomic E-state index is 10.5. The lowest BCUT2D eigenvalue weighted by atomic mass is 10.3. The second-order valence-corrected chi connectivity index (χ2v) is 4.54. The van der Waals surface area contributed by atoms with Crippen molar-refractivity contribution in [1.82, 2.24) is 4.57 Å². The molecule has 4 nitrogen and oxygen atoms in total. The van der Waals surface area contributed by atoms with E-state index in [1.54, 1.807) is 18.2 Å². The largest absolute Gasteiger partial charge is 0.492 e. The highest BCUT2D eigenvalue weighted by molar-refractivity contribution is 6.30. The molecule has 5 heteroatoms. The lowest BCUT2D eigenvalue weighted by Crippen LogP contribution is -2.08. The first-order chi connectivity index (χ1) is 9.65. The topological polar surface area (TPSA) is 51.5 Å². The first-order valence-corrected chi connectivity index (χ1v) is 6.47. The summed E-state index contributed by atoms with van der Waals surface area (Å²) in [6, 6.07) is 10.9. The third-order valence-electron chi connectivity index (χ3n) is 2.68. The maximum Gasteiger partial charge on any atom is 0.328 e. The van der Waals surface area contributed by atoms with Crippen LogP contribution >= 0.6 is 11.6 Å². The van der Waals surface area contributed by atoms with Crippen LogP contribution in [0.4, 0.5) is 0 Å². The molecule has 104 valence electrons. The highest BCUT2D eigenvalue weighted by atomic mass is 35.5. The molecule has 0 radical (unpaired) electrons. The average molecular weight is 292 g/mol. The molecule has 1 aromatic carbocycles. The van der Waals surface area contributed by atoms with Gasteiger partial charge in [0.25, 0.3) is 0 Å². The summed E-state index contributed by atoms with van der Waals surface area (Å²) < 4.78 is 7.52. The Morgan fingerprint density at radius 1 is 1.30 bits per heavy atom. The number of carboxylic acid groups (broad SMARTS) is 1. The van der Waals surface area contributed by atoms with Gasteiger partial charge in [-0.15, -0.1) is 0 Å². The molecule has 0 bridgehead atoms. The van der Waals surface area contributed by atoms with Crippen molar-refractivity contribution in [2.75, 3.05) is 6.61 Å². The monoisotopic (exact) mass is 291 g/mol.